The van der Waals surface area contributed by atoms with Crippen molar-refractivity contribution in [2.75, 3.05) is 27.2 Å². The Hall–Kier alpha value is -0.140. The van der Waals surface area contributed by atoms with Crippen LogP contribution in [0.2, 0.25) is 5.02 Å². The number of hydrogen-bond donors (Lipinski definition) is 0. The first-order valence-electron chi connectivity index (χ1n) is 6.44. The molecule has 2 rings (SSSR count). The van der Waals surface area contributed by atoms with Crippen molar-refractivity contribution in [2.45, 2.75) is 23.8 Å². The van der Waals surface area contributed by atoms with E-state index in [4.69, 9.17) is 11.6 Å². The number of halogens is 2. The maximum absolute atomic E-state index is 12.7. The Bertz CT molecular complexity index is 592. The zero-order valence-electron chi connectivity index (χ0n) is 11.5. The Morgan fingerprint density at radius 1 is 1.40 bits per heavy atom. The van der Waals surface area contributed by atoms with Gasteiger partial charge < -0.3 is 4.90 Å². The van der Waals surface area contributed by atoms with Crippen molar-refractivity contribution >= 4 is 37.6 Å². The zero-order valence-corrected chi connectivity index (χ0v) is 14.7. The first-order chi connectivity index (χ1) is 9.32. The summed E-state index contributed by atoms with van der Waals surface area (Å²) in [6.07, 6.45) is 1.92. The highest BCUT2D eigenvalue weighted by molar-refractivity contribution is 9.10. The number of rotatable bonds is 3. The average molecular weight is 382 g/mol. The summed E-state index contributed by atoms with van der Waals surface area (Å²) in [7, 11) is 0.522. The van der Waals surface area contributed by atoms with Crippen molar-refractivity contribution in [1.82, 2.24) is 9.21 Å². The van der Waals surface area contributed by atoms with Gasteiger partial charge in [-0.2, -0.15) is 4.31 Å². The maximum atomic E-state index is 12.7. The molecule has 112 valence electrons. The summed E-state index contributed by atoms with van der Waals surface area (Å²) in [4.78, 5) is 2.37. The molecular formula is C13H18BrClN2O2S. The van der Waals surface area contributed by atoms with Crippen molar-refractivity contribution in [1.29, 1.82) is 0 Å². The van der Waals surface area contributed by atoms with Crippen LogP contribution in [0.4, 0.5) is 0 Å². The van der Waals surface area contributed by atoms with Crippen LogP contribution in [-0.4, -0.2) is 50.8 Å². The van der Waals surface area contributed by atoms with E-state index in [9.17, 15) is 8.42 Å². The first-order valence-corrected chi connectivity index (χ1v) is 9.05. The van der Waals surface area contributed by atoms with E-state index < -0.39 is 10.0 Å². The van der Waals surface area contributed by atoms with E-state index in [1.54, 1.807) is 22.5 Å². The van der Waals surface area contributed by atoms with Gasteiger partial charge in [0.1, 0.15) is 0 Å². The summed E-state index contributed by atoms with van der Waals surface area (Å²) in [5.41, 5.74) is 0. The van der Waals surface area contributed by atoms with Crippen LogP contribution in [0.3, 0.4) is 0 Å². The van der Waals surface area contributed by atoms with E-state index in [1.165, 1.54) is 0 Å². The molecule has 0 bridgehead atoms. The molecular weight excluding hydrogens is 364 g/mol. The Labute approximate surface area is 133 Å². The van der Waals surface area contributed by atoms with E-state index >= 15 is 0 Å². The second-order valence-electron chi connectivity index (χ2n) is 5.20. The van der Waals surface area contributed by atoms with Gasteiger partial charge in [-0.3, -0.25) is 0 Å². The molecule has 0 spiro atoms. The second kappa shape index (κ2) is 6.32. The predicted molar refractivity (Wildman–Crippen MR) is 84.6 cm³/mol. The molecule has 1 atom stereocenters. The molecule has 7 heteroatoms. The number of piperidine rings is 1. The SMILES string of the molecule is CN(C)C1CCCN(S(=O)(=O)c2ccc(Cl)c(Br)c2)C1. The normalized spacial score (nSPS) is 21.4. The predicted octanol–water partition coefficient (Wildman–Crippen LogP) is 2.82. The van der Waals surface area contributed by atoms with Gasteiger partial charge in [0.05, 0.1) is 9.92 Å². The van der Waals surface area contributed by atoms with Crippen LogP contribution in [0, 0.1) is 0 Å². The minimum atomic E-state index is -3.45. The summed E-state index contributed by atoms with van der Waals surface area (Å²) in [5.74, 6) is 0. The molecule has 1 heterocycles. The largest absolute Gasteiger partial charge is 0.305 e. The first kappa shape index (κ1) is 16.2. The lowest BCUT2D eigenvalue weighted by Gasteiger charge is -2.35. The van der Waals surface area contributed by atoms with Crippen molar-refractivity contribution < 1.29 is 8.42 Å². The van der Waals surface area contributed by atoms with Crippen LogP contribution in [0.25, 0.3) is 0 Å². The van der Waals surface area contributed by atoms with Crippen LogP contribution in [0.1, 0.15) is 12.8 Å². The zero-order chi connectivity index (χ0) is 14.9. The van der Waals surface area contributed by atoms with E-state index in [0.29, 0.717) is 22.6 Å². The molecule has 1 aromatic carbocycles. The minimum absolute atomic E-state index is 0.272. The molecule has 1 unspecified atom stereocenters. The monoisotopic (exact) mass is 380 g/mol. The quantitative estimate of drug-likeness (QED) is 0.808. The topological polar surface area (TPSA) is 40.6 Å². The minimum Gasteiger partial charge on any atom is -0.305 e. The molecule has 0 N–H and O–H groups in total. The number of hydrogen-bond acceptors (Lipinski definition) is 3. The maximum Gasteiger partial charge on any atom is 0.243 e. The van der Waals surface area contributed by atoms with Gasteiger partial charge in [0.2, 0.25) is 10.0 Å². The third kappa shape index (κ3) is 3.36. The summed E-state index contributed by atoms with van der Waals surface area (Å²) in [6.45, 7) is 1.11. The third-order valence-corrected chi connectivity index (χ3v) is 6.69. The molecule has 20 heavy (non-hydrogen) atoms. The molecule has 1 fully saturated rings. The van der Waals surface area contributed by atoms with Crippen molar-refractivity contribution in [3.05, 3.63) is 27.7 Å². The van der Waals surface area contributed by atoms with Gasteiger partial charge in [-0.05, 0) is 61.1 Å². The van der Waals surface area contributed by atoms with Crippen LogP contribution in [-0.2, 0) is 10.0 Å². The van der Waals surface area contributed by atoms with Crippen molar-refractivity contribution in [3.63, 3.8) is 0 Å². The molecule has 1 aromatic rings. The fourth-order valence-electron chi connectivity index (χ4n) is 2.35. The summed E-state index contributed by atoms with van der Waals surface area (Å²) in [5, 5.41) is 0.508. The highest BCUT2D eigenvalue weighted by Gasteiger charge is 2.31. The van der Waals surface area contributed by atoms with Gasteiger partial charge in [-0.15, -0.1) is 0 Å². The van der Waals surface area contributed by atoms with Gasteiger partial charge in [0, 0.05) is 23.6 Å². The van der Waals surface area contributed by atoms with Crippen LogP contribution in [0.5, 0.6) is 0 Å². The Morgan fingerprint density at radius 2 is 2.10 bits per heavy atom. The van der Waals surface area contributed by atoms with Crippen molar-refractivity contribution in [2.24, 2.45) is 0 Å². The van der Waals surface area contributed by atoms with Crippen molar-refractivity contribution in [3.8, 4) is 0 Å². The molecule has 0 radical (unpaired) electrons. The fourth-order valence-corrected chi connectivity index (χ4v) is 4.54. The van der Waals surface area contributed by atoms with Gasteiger partial charge in [0.25, 0.3) is 0 Å². The second-order valence-corrected chi connectivity index (χ2v) is 8.40. The average Bonchev–Trinajstić information content (AvgIpc) is 2.42. The van der Waals surface area contributed by atoms with Crippen LogP contribution < -0.4 is 0 Å². The van der Waals surface area contributed by atoms with Gasteiger partial charge in [0.15, 0.2) is 0 Å². The lowest BCUT2D eigenvalue weighted by molar-refractivity contribution is 0.190. The molecule has 0 aromatic heterocycles. The smallest absolute Gasteiger partial charge is 0.243 e. The lowest BCUT2D eigenvalue weighted by atomic mass is 10.1. The number of likely N-dealkylation sites (N-methyl/N-ethyl adjacent to an activating group) is 1. The highest BCUT2D eigenvalue weighted by atomic mass is 79.9. The number of nitrogens with zero attached hydrogens (tertiary/aromatic N) is 2. The summed E-state index contributed by atoms with van der Waals surface area (Å²) in [6, 6.07) is 5.00. The fraction of sp³-hybridized carbons (Fsp3) is 0.538. The molecule has 4 nitrogen and oxygen atoms in total. The summed E-state index contributed by atoms with van der Waals surface area (Å²) >= 11 is 9.19. The molecule has 1 aliphatic rings. The van der Waals surface area contributed by atoms with E-state index in [0.717, 1.165) is 12.8 Å². The molecule has 0 aliphatic carbocycles. The molecule has 1 saturated heterocycles. The van der Waals surface area contributed by atoms with Gasteiger partial charge >= 0.3 is 0 Å². The van der Waals surface area contributed by atoms with Crippen LogP contribution in [0.15, 0.2) is 27.6 Å². The Morgan fingerprint density at radius 3 is 2.70 bits per heavy atom. The van der Waals surface area contributed by atoms with E-state index in [2.05, 4.69) is 20.8 Å². The number of benzene rings is 1. The third-order valence-electron chi connectivity index (χ3n) is 3.62. The van der Waals surface area contributed by atoms with Crippen LogP contribution >= 0.6 is 27.5 Å². The molecule has 0 amide bonds. The number of sulfonamides is 1. The van der Waals surface area contributed by atoms with Gasteiger partial charge in [-0.1, -0.05) is 11.6 Å². The Balaban J connectivity index is 2.27. The Kier molecular flexibility index (Phi) is 5.13. The highest BCUT2D eigenvalue weighted by Crippen LogP contribution is 2.28. The molecule has 0 saturated carbocycles. The van der Waals surface area contributed by atoms with Gasteiger partial charge in [-0.25, -0.2) is 8.42 Å². The van der Waals surface area contributed by atoms with E-state index in [1.807, 2.05) is 14.1 Å². The lowest BCUT2D eigenvalue weighted by Crippen LogP contribution is -2.47. The summed E-state index contributed by atoms with van der Waals surface area (Å²) < 4.78 is 27.5. The van der Waals surface area contributed by atoms with E-state index in [-0.39, 0.29) is 10.9 Å². The molecule has 1 aliphatic heterocycles. The standard InChI is InChI=1S/C13H18BrClN2O2S/c1-16(2)10-4-3-7-17(9-10)20(18,19)11-5-6-13(15)12(14)8-11/h5-6,8,10H,3-4,7,9H2,1-2H3.